The molecule has 55 heavy (non-hydrogen) atoms. The molecule has 6 heteroatoms. The van der Waals surface area contributed by atoms with Gasteiger partial charge in [-0.2, -0.15) is 0 Å². The lowest BCUT2D eigenvalue weighted by atomic mass is 10.0. The molecule has 0 aliphatic heterocycles. The summed E-state index contributed by atoms with van der Waals surface area (Å²) in [5.74, 6) is -0.882. The molecule has 0 heterocycles. The second-order valence-corrected chi connectivity index (χ2v) is 15.7. The van der Waals surface area contributed by atoms with E-state index in [2.05, 4.69) is 57.2 Å². The molecule has 0 fully saturated rings. The van der Waals surface area contributed by atoms with Gasteiger partial charge in [0, 0.05) is 19.3 Å². The van der Waals surface area contributed by atoms with E-state index in [1.165, 1.54) is 128 Å². The van der Waals surface area contributed by atoms with Crippen LogP contribution in [0.25, 0.3) is 0 Å². The fraction of sp³-hybridized carbons (Fsp3) is 0.816. The van der Waals surface area contributed by atoms with Crippen molar-refractivity contribution in [1.29, 1.82) is 0 Å². The maximum absolute atomic E-state index is 12.7. The SMILES string of the molecule is CC\C=C/C=C\C=C/CCCCCCCCCC(=O)OCC(COC(=O)CCCCCCCCCCC)OC(=O)CCCCCCCCCCCCCCC. The number of unbranched alkanes of at least 4 members (excludes halogenated alkanes) is 27. The average molecular weight is 773 g/mol. The van der Waals surface area contributed by atoms with Crippen molar-refractivity contribution in [1.82, 2.24) is 0 Å². The minimum atomic E-state index is -0.769. The molecule has 0 saturated carbocycles. The number of carbonyl (C=O) groups is 3. The molecule has 0 aliphatic rings. The Morgan fingerprint density at radius 2 is 0.709 bits per heavy atom. The van der Waals surface area contributed by atoms with Crippen molar-refractivity contribution in [2.45, 2.75) is 245 Å². The highest BCUT2D eigenvalue weighted by molar-refractivity contribution is 5.71. The standard InChI is InChI=1S/C49H88O6/c1-4-7-10-13-16-19-21-23-24-26-27-30-33-36-39-42-48(51)54-45-46(44-53-47(50)41-38-35-32-29-18-15-12-9-6-3)55-49(52)43-40-37-34-31-28-25-22-20-17-14-11-8-5-2/h7,10,13,16,19,21,46H,4-6,8-9,11-12,14-15,17-18,20,22-45H2,1-3H3/b10-7-,16-13-,21-19-. The molecule has 0 bridgehead atoms. The number of hydrogen-bond donors (Lipinski definition) is 0. The molecule has 0 aromatic carbocycles. The summed E-state index contributed by atoms with van der Waals surface area (Å²) in [5, 5.41) is 0. The van der Waals surface area contributed by atoms with Gasteiger partial charge < -0.3 is 14.2 Å². The minimum Gasteiger partial charge on any atom is -0.462 e. The van der Waals surface area contributed by atoms with Crippen LogP contribution in [0.5, 0.6) is 0 Å². The van der Waals surface area contributed by atoms with Gasteiger partial charge in [-0.05, 0) is 38.5 Å². The molecule has 0 saturated heterocycles. The number of rotatable bonds is 42. The molecule has 0 N–H and O–H groups in total. The Kier molecular flexibility index (Phi) is 42.4. The second-order valence-electron chi connectivity index (χ2n) is 15.7. The largest absolute Gasteiger partial charge is 0.462 e. The third-order valence-corrected chi connectivity index (χ3v) is 10.2. The van der Waals surface area contributed by atoms with E-state index in [0.717, 1.165) is 70.6 Å². The van der Waals surface area contributed by atoms with E-state index in [9.17, 15) is 14.4 Å². The van der Waals surface area contributed by atoms with Gasteiger partial charge in [-0.25, -0.2) is 0 Å². The van der Waals surface area contributed by atoms with Crippen LogP contribution in [0, 0.1) is 0 Å². The lowest BCUT2D eigenvalue weighted by molar-refractivity contribution is -0.167. The Hall–Kier alpha value is -2.37. The highest BCUT2D eigenvalue weighted by Gasteiger charge is 2.19. The van der Waals surface area contributed by atoms with E-state index in [1.54, 1.807) is 0 Å². The van der Waals surface area contributed by atoms with Crippen molar-refractivity contribution in [2.75, 3.05) is 13.2 Å². The van der Waals surface area contributed by atoms with E-state index in [1.807, 2.05) is 0 Å². The highest BCUT2D eigenvalue weighted by atomic mass is 16.6. The summed E-state index contributed by atoms with van der Waals surface area (Å²) >= 11 is 0. The van der Waals surface area contributed by atoms with Gasteiger partial charge >= 0.3 is 17.9 Å². The van der Waals surface area contributed by atoms with Gasteiger partial charge in [0.2, 0.25) is 0 Å². The Labute approximate surface area is 340 Å². The maximum Gasteiger partial charge on any atom is 0.306 e. The van der Waals surface area contributed by atoms with E-state index < -0.39 is 6.10 Å². The van der Waals surface area contributed by atoms with Gasteiger partial charge in [-0.3, -0.25) is 14.4 Å². The molecule has 1 atom stereocenters. The molecule has 0 aromatic heterocycles. The Bertz CT molecular complexity index is 938. The maximum atomic E-state index is 12.7. The topological polar surface area (TPSA) is 78.9 Å². The molecule has 0 radical (unpaired) electrons. The zero-order chi connectivity index (χ0) is 40.1. The van der Waals surface area contributed by atoms with Crippen molar-refractivity contribution in [3.05, 3.63) is 36.5 Å². The fourth-order valence-electron chi connectivity index (χ4n) is 6.68. The van der Waals surface area contributed by atoms with Gasteiger partial charge in [0.05, 0.1) is 0 Å². The normalized spacial score (nSPS) is 12.3. The quantitative estimate of drug-likeness (QED) is 0.0266. The number of allylic oxidation sites excluding steroid dienone is 6. The van der Waals surface area contributed by atoms with Crippen molar-refractivity contribution in [3.63, 3.8) is 0 Å². The monoisotopic (exact) mass is 773 g/mol. The van der Waals surface area contributed by atoms with Gasteiger partial charge in [-0.15, -0.1) is 0 Å². The summed E-state index contributed by atoms with van der Waals surface area (Å²) in [6.07, 6.45) is 49.8. The lowest BCUT2D eigenvalue weighted by Crippen LogP contribution is -2.30. The second kappa shape index (κ2) is 44.3. The van der Waals surface area contributed by atoms with Gasteiger partial charge in [-0.1, -0.05) is 218 Å². The van der Waals surface area contributed by atoms with Crippen LogP contribution < -0.4 is 0 Å². The van der Waals surface area contributed by atoms with Crippen LogP contribution in [0.4, 0.5) is 0 Å². The number of esters is 3. The van der Waals surface area contributed by atoms with Gasteiger partial charge in [0.15, 0.2) is 6.10 Å². The van der Waals surface area contributed by atoms with Crippen LogP contribution >= 0.6 is 0 Å². The zero-order valence-electron chi connectivity index (χ0n) is 36.4. The summed E-state index contributed by atoms with van der Waals surface area (Å²) in [5.41, 5.74) is 0. The first-order valence-corrected chi connectivity index (χ1v) is 23.5. The summed E-state index contributed by atoms with van der Waals surface area (Å²) < 4.78 is 16.7. The first kappa shape index (κ1) is 52.6. The lowest BCUT2D eigenvalue weighted by Gasteiger charge is -2.18. The third kappa shape index (κ3) is 42.6. The van der Waals surface area contributed by atoms with Crippen molar-refractivity contribution in [3.8, 4) is 0 Å². The Morgan fingerprint density at radius 3 is 1.09 bits per heavy atom. The first-order chi connectivity index (χ1) is 27.0. The van der Waals surface area contributed by atoms with Crippen LogP contribution in [0.2, 0.25) is 0 Å². The fourth-order valence-corrected chi connectivity index (χ4v) is 6.68. The first-order valence-electron chi connectivity index (χ1n) is 23.5. The third-order valence-electron chi connectivity index (χ3n) is 10.2. The van der Waals surface area contributed by atoms with Gasteiger partial charge in [0.1, 0.15) is 13.2 Å². The molecule has 0 aliphatic carbocycles. The molecule has 0 aromatic rings. The molecule has 0 amide bonds. The summed E-state index contributed by atoms with van der Waals surface area (Å²) in [7, 11) is 0. The molecule has 0 spiro atoms. The minimum absolute atomic E-state index is 0.0727. The molecule has 1 unspecified atom stereocenters. The van der Waals surface area contributed by atoms with E-state index in [0.29, 0.717) is 19.3 Å². The predicted molar refractivity (Wildman–Crippen MR) is 233 cm³/mol. The summed E-state index contributed by atoms with van der Waals surface area (Å²) in [4.78, 5) is 37.7. The number of hydrogen-bond acceptors (Lipinski definition) is 6. The smallest absolute Gasteiger partial charge is 0.306 e. The molecule has 320 valence electrons. The Balaban J connectivity index is 4.34. The van der Waals surface area contributed by atoms with E-state index >= 15 is 0 Å². The van der Waals surface area contributed by atoms with Crippen LogP contribution in [0.15, 0.2) is 36.5 Å². The predicted octanol–water partition coefficient (Wildman–Crippen LogP) is 15.0. The Morgan fingerprint density at radius 1 is 0.382 bits per heavy atom. The van der Waals surface area contributed by atoms with E-state index in [4.69, 9.17) is 14.2 Å². The van der Waals surface area contributed by atoms with Crippen molar-refractivity contribution < 1.29 is 28.6 Å². The van der Waals surface area contributed by atoms with E-state index in [-0.39, 0.29) is 31.1 Å². The number of ether oxygens (including phenoxy) is 3. The van der Waals surface area contributed by atoms with Crippen molar-refractivity contribution >= 4 is 17.9 Å². The molecular weight excluding hydrogens is 685 g/mol. The highest BCUT2D eigenvalue weighted by Crippen LogP contribution is 2.15. The van der Waals surface area contributed by atoms with Crippen LogP contribution in [0.3, 0.4) is 0 Å². The van der Waals surface area contributed by atoms with Crippen LogP contribution in [-0.2, 0) is 28.6 Å². The summed E-state index contributed by atoms with van der Waals surface area (Å²) in [6, 6.07) is 0. The molecular formula is C49H88O6. The summed E-state index contributed by atoms with van der Waals surface area (Å²) in [6.45, 7) is 6.48. The average Bonchev–Trinajstić information content (AvgIpc) is 3.18. The van der Waals surface area contributed by atoms with Gasteiger partial charge in [0.25, 0.3) is 0 Å². The zero-order valence-corrected chi connectivity index (χ0v) is 36.4. The van der Waals surface area contributed by atoms with Crippen LogP contribution in [0.1, 0.15) is 239 Å². The molecule has 0 rings (SSSR count). The molecule has 6 nitrogen and oxygen atoms in total. The van der Waals surface area contributed by atoms with Crippen LogP contribution in [-0.4, -0.2) is 37.2 Å². The van der Waals surface area contributed by atoms with Crippen molar-refractivity contribution in [2.24, 2.45) is 0 Å². The number of carbonyl (C=O) groups excluding carboxylic acids is 3.